The zero-order valence-corrected chi connectivity index (χ0v) is 16.0. The van der Waals surface area contributed by atoms with E-state index in [1.807, 2.05) is 24.5 Å². The van der Waals surface area contributed by atoms with E-state index in [9.17, 15) is 0 Å². The van der Waals surface area contributed by atoms with Crippen LogP contribution in [0.15, 0.2) is 102 Å². The van der Waals surface area contributed by atoms with Crippen LogP contribution >= 0.6 is 0 Å². The second-order valence-corrected chi connectivity index (χ2v) is 7.68. The molecule has 0 fully saturated rings. The third-order valence-corrected chi connectivity index (χ3v) is 6.07. The summed E-state index contributed by atoms with van der Waals surface area (Å²) in [6, 6.07) is 29.7. The Bertz CT molecular complexity index is 1750. The molecule has 0 spiro atoms. The number of furan rings is 1. The second-order valence-electron chi connectivity index (χ2n) is 7.68. The van der Waals surface area contributed by atoms with Gasteiger partial charge in [0.05, 0.1) is 5.52 Å². The van der Waals surface area contributed by atoms with Crippen molar-refractivity contribution in [3.05, 3.63) is 97.3 Å². The maximum absolute atomic E-state index is 6.28. The van der Waals surface area contributed by atoms with Crippen LogP contribution < -0.4 is 0 Å². The smallest absolute Gasteiger partial charge is 0.145 e. The molecule has 0 amide bonds. The van der Waals surface area contributed by atoms with Gasteiger partial charge in [0.15, 0.2) is 0 Å². The molecule has 3 heteroatoms. The number of pyridine rings is 1. The van der Waals surface area contributed by atoms with Gasteiger partial charge in [0, 0.05) is 39.5 Å². The fourth-order valence-corrected chi connectivity index (χ4v) is 4.71. The van der Waals surface area contributed by atoms with Gasteiger partial charge in [-0.05, 0) is 29.1 Å². The summed E-state index contributed by atoms with van der Waals surface area (Å²) in [6.45, 7) is 0. The van der Waals surface area contributed by atoms with Gasteiger partial charge in [-0.2, -0.15) is 0 Å². The minimum atomic E-state index is 0.923. The average Bonchev–Trinajstić information content (AvgIpc) is 3.44. The number of para-hydroxylation sites is 2. The topological polar surface area (TPSA) is 30.4 Å². The van der Waals surface area contributed by atoms with E-state index >= 15 is 0 Å². The van der Waals surface area contributed by atoms with Gasteiger partial charge in [-0.1, -0.05) is 66.7 Å². The van der Waals surface area contributed by atoms with Crippen molar-refractivity contribution in [3.63, 3.8) is 0 Å². The molecule has 0 aliphatic rings. The Morgan fingerprint density at radius 2 is 1.47 bits per heavy atom. The molecule has 4 aromatic carbocycles. The van der Waals surface area contributed by atoms with Crippen LogP contribution in [0.3, 0.4) is 0 Å². The first-order valence-electron chi connectivity index (χ1n) is 10.1. The van der Waals surface area contributed by atoms with E-state index in [-0.39, 0.29) is 0 Å². The molecular weight excluding hydrogens is 368 g/mol. The highest BCUT2D eigenvalue weighted by atomic mass is 16.3. The van der Waals surface area contributed by atoms with Crippen molar-refractivity contribution in [1.82, 2.24) is 9.38 Å². The largest absolute Gasteiger partial charge is 0.455 e. The predicted molar refractivity (Wildman–Crippen MR) is 123 cm³/mol. The Balaban J connectivity index is 1.60. The lowest BCUT2D eigenvalue weighted by Gasteiger charge is -2.10. The van der Waals surface area contributed by atoms with E-state index in [4.69, 9.17) is 4.42 Å². The van der Waals surface area contributed by atoms with Crippen molar-refractivity contribution in [1.29, 1.82) is 0 Å². The summed E-state index contributed by atoms with van der Waals surface area (Å²) in [4.78, 5) is 4.59. The van der Waals surface area contributed by atoms with E-state index < -0.39 is 0 Å². The normalized spacial score (nSPS) is 12.0. The summed E-state index contributed by atoms with van der Waals surface area (Å²) >= 11 is 0. The lowest BCUT2D eigenvalue weighted by molar-refractivity contribution is 0.670. The Kier molecular flexibility index (Phi) is 3.00. The average molecular weight is 384 g/mol. The number of imidazole rings is 1. The lowest BCUT2D eigenvalue weighted by Crippen LogP contribution is -1.91. The maximum atomic E-state index is 6.28. The highest BCUT2D eigenvalue weighted by Crippen LogP contribution is 2.38. The lowest BCUT2D eigenvalue weighted by atomic mass is 9.98. The molecule has 0 aliphatic carbocycles. The minimum absolute atomic E-state index is 0.923. The zero-order valence-electron chi connectivity index (χ0n) is 16.0. The molecular formula is C27H16N2O. The van der Waals surface area contributed by atoms with Crippen LogP contribution in [0.2, 0.25) is 0 Å². The van der Waals surface area contributed by atoms with Crippen LogP contribution in [-0.4, -0.2) is 9.38 Å². The highest BCUT2D eigenvalue weighted by Gasteiger charge is 2.14. The van der Waals surface area contributed by atoms with E-state index in [2.05, 4.69) is 82.2 Å². The van der Waals surface area contributed by atoms with Crippen LogP contribution in [0.25, 0.3) is 60.4 Å². The van der Waals surface area contributed by atoms with Gasteiger partial charge in [-0.3, -0.25) is 4.40 Å². The minimum Gasteiger partial charge on any atom is -0.455 e. The SMILES string of the molecule is c1ccc2c(c1)oc1c(-c3ccc4c(c3)c3ccccc3c3nccn43)cccc12. The molecule has 3 heterocycles. The number of hydrogen-bond acceptors (Lipinski definition) is 2. The summed E-state index contributed by atoms with van der Waals surface area (Å²) in [6.07, 6.45) is 3.90. The summed E-state index contributed by atoms with van der Waals surface area (Å²) in [5.74, 6) is 0. The van der Waals surface area contributed by atoms with E-state index in [0.29, 0.717) is 0 Å². The first-order valence-corrected chi connectivity index (χ1v) is 10.1. The first kappa shape index (κ1) is 15.8. The number of fused-ring (bicyclic) bond motifs is 9. The molecule has 0 radical (unpaired) electrons. The van der Waals surface area contributed by atoms with E-state index in [0.717, 1.165) is 49.6 Å². The number of rotatable bonds is 1. The van der Waals surface area contributed by atoms with Crippen LogP contribution in [0.5, 0.6) is 0 Å². The predicted octanol–water partition coefficient (Wildman–Crippen LogP) is 7.21. The molecule has 0 aliphatic heterocycles. The molecule has 0 unspecified atom stereocenters. The number of aromatic nitrogens is 2. The zero-order chi connectivity index (χ0) is 19.7. The maximum Gasteiger partial charge on any atom is 0.145 e. The van der Waals surface area contributed by atoms with Gasteiger partial charge in [-0.15, -0.1) is 0 Å². The molecule has 3 nitrogen and oxygen atoms in total. The fraction of sp³-hybridized carbons (Fsp3) is 0. The number of benzene rings is 4. The van der Waals surface area contributed by atoms with Crippen LogP contribution in [-0.2, 0) is 0 Å². The summed E-state index contributed by atoms with van der Waals surface area (Å²) in [5, 5.41) is 5.89. The number of hydrogen-bond donors (Lipinski definition) is 0. The first-order chi connectivity index (χ1) is 14.9. The summed E-state index contributed by atoms with van der Waals surface area (Å²) < 4.78 is 8.45. The summed E-state index contributed by atoms with van der Waals surface area (Å²) in [5.41, 5.74) is 6.27. The second kappa shape index (κ2) is 5.71. The molecule has 7 aromatic rings. The summed E-state index contributed by atoms with van der Waals surface area (Å²) in [7, 11) is 0. The van der Waals surface area contributed by atoms with Gasteiger partial charge in [0.2, 0.25) is 0 Å². The molecule has 0 saturated carbocycles. The number of nitrogens with zero attached hydrogens (tertiary/aromatic N) is 2. The van der Waals surface area contributed by atoms with Crippen molar-refractivity contribution >= 4 is 49.3 Å². The third-order valence-electron chi connectivity index (χ3n) is 6.07. The Labute approximate surface area is 171 Å². The quantitative estimate of drug-likeness (QED) is 0.280. The van der Waals surface area contributed by atoms with Gasteiger partial charge in [0.25, 0.3) is 0 Å². The molecule has 0 saturated heterocycles. The third kappa shape index (κ3) is 2.01. The monoisotopic (exact) mass is 384 g/mol. The van der Waals surface area contributed by atoms with Gasteiger partial charge < -0.3 is 4.42 Å². The van der Waals surface area contributed by atoms with Gasteiger partial charge in [-0.25, -0.2) is 4.98 Å². The van der Waals surface area contributed by atoms with Gasteiger partial charge in [0.1, 0.15) is 16.8 Å². The molecule has 0 bridgehead atoms. The van der Waals surface area contributed by atoms with E-state index in [1.165, 1.54) is 10.8 Å². The highest BCUT2D eigenvalue weighted by molar-refractivity contribution is 6.14. The Morgan fingerprint density at radius 1 is 0.667 bits per heavy atom. The fourth-order valence-electron chi connectivity index (χ4n) is 4.71. The van der Waals surface area contributed by atoms with Crippen molar-refractivity contribution in [2.45, 2.75) is 0 Å². The van der Waals surface area contributed by atoms with E-state index in [1.54, 1.807) is 0 Å². The molecule has 0 N–H and O–H groups in total. The molecule has 140 valence electrons. The molecule has 30 heavy (non-hydrogen) atoms. The van der Waals surface area contributed by atoms with Crippen molar-refractivity contribution in [2.75, 3.05) is 0 Å². The van der Waals surface area contributed by atoms with Crippen LogP contribution in [0.1, 0.15) is 0 Å². The Hall–Kier alpha value is -4.11. The van der Waals surface area contributed by atoms with Crippen molar-refractivity contribution in [2.24, 2.45) is 0 Å². The standard InChI is InChI=1S/C27H16N2O/c1-2-8-22-19(6-1)23-16-17(12-13-24(23)29-15-14-28-27(22)29)18-9-5-10-21-20-7-3-4-11-25(20)30-26(18)21/h1-16H. The van der Waals surface area contributed by atoms with Crippen LogP contribution in [0.4, 0.5) is 0 Å². The van der Waals surface area contributed by atoms with Crippen molar-refractivity contribution in [3.8, 4) is 11.1 Å². The molecule has 3 aromatic heterocycles. The van der Waals surface area contributed by atoms with Crippen molar-refractivity contribution < 1.29 is 4.42 Å². The Morgan fingerprint density at radius 3 is 2.40 bits per heavy atom. The molecule has 7 rings (SSSR count). The molecule has 0 atom stereocenters. The van der Waals surface area contributed by atoms with Gasteiger partial charge >= 0.3 is 0 Å². The van der Waals surface area contributed by atoms with Crippen LogP contribution in [0, 0.1) is 0 Å².